The van der Waals surface area contributed by atoms with Crippen LogP contribution in [0.5, 0.6) is 0 Å². The van der Waals surface area contributed by atoms with Gasteiger partial charge in [0, 0.05) is 6.07 Å². The first-order valence-corrected chi connectivity index (χ1v) is 7.35. The molecule has 0 spiro atoms. The predicted octanol–water partition coefficient (Wildman–Crippen LogP) is 5.35. The first kappa shape index (κ1) is 14.2. The van der Waals surface area contributed by atoms with E-state index in [9.17, 15) is 8.78 Å². The van der Waals surface area contributed by atoms with Crippen LogP contribution in [-0.4, -0.2) is 0 Å². The van der Waals surface area contributed by atoms with Crippen molar-refractivity contribution in [1.29, 1.82) is 0 Å². The van der Waals surface area contributed by atoms with Gasteiger partial charge in [0.15, 0.2) is 0 Å². The molecular formula is C17H22F2. The minimum absolute atomic E-state index is 0.395. The van der Waals surface area contributed by atoms with E-state index in [2.05, 4.69) is 13.0 Å². The van der Waals surface area contributed by atoms with E-state index < -0.39 is 11.6 Å². The summed E-state index contributed by atoms with van der Waals surface area (Å²) in [7, 11) is 0. The second kappa shape index (κ2) is 6.83. The Labute approximate surface area is 114 Å². The third-order valence-corrected chi connectivity index (χ3v) is 3.87. The van der Waals surface area contributed by atoms with Crippen molar-refractivity contribution in [3.63, 3.8) is 0 Å². The summed E-state index contributed by atoms with van der Waals surface area (Å²) in [4.78, 5) is 0. The average Bonchev–Trinajstić information content (AvgIpc) is 2.38. The summed E-state index contributed by atoms with van der Waals surface area (Å²) in [5, 5.41) is 0. The van der Waals surface area contributed by atoms with Crippen LogP contribution in [0.1, 0.15) is 56.6 Å². The average molecular weight is 264 g/mol. The minimum atomic E-state index is -0.458. The number of hydrogen-bond donors (Lipinski definition) is 0. The molecule has 0 unspecified atom stereocenters. The Hall–Kier alpha value is -1.18. The molecule has 0 nitrogen and oxygen atoms in total. The molecule has 0 heterocycles. The van der Waals surface area contributed by atoms with E-state index in [1.807, 2.05) is 0 Å². The molecule has 0 fully saturated rings. The standard InChI is InChI=1S/C17H22F2/c1-2-3-4-5-6-7-13-8-9-16-14(10-13)11-15(18)12-17(16)19/h8,11-12H,2-7,9-10H2,1H3. The molecule has 0 atom stereocenters. The molecule has 1 aromatic carbocycles. The van der Waals surface area contributed by atoms with Gasteiger partial charge in [0.05, 0.1) is 0 Å². The lowest BCUT2D eigenvalue weighted by molar-refractivity contribution is 0.568. The van der Waals surface area contributed by atoms with Crippen LogP contribution in [0.3, 0.4) is 0 Å². The third kappa shape index (κ3) is 3.89. The van der Waals surface area contributed by atoms with Crippen LogP contribution in [0.25, 0.3) is 0 Å². The molecular weight excluding hydrogens is 242 g/mol. The Morgan fingerprint density at radius 2 is 1.84 bits per heavy atom. The highest BCUT2D eigenvalue weighted by atomic mass is 19.1. The van der Waals surface area contributed by atoms with Crippen molar-refractivity contribution in [2.75, 3.05) is 0 Å². The van der Waals surface area contributed by atoms with Crippen LogP contribution in [0.2, 0.25) is 0 Å². The molecule has 0 aliphatic heterocycles. The quantitative estimate of drug-likeness (QED) is 0.480. The molecule has 2 rings (SSSR count). The largest absolute Gasteiger partial charge is 0.207 e. The van der Waals surface area contributed by atoms with Gasteiger partial charge in [-0.05, 0) is 42.9 Å². The van der Waals surface area contributed by atoms with Crippen LogP contribution in [0, 0.1) is 11.6 Å². The highest BCUT2D eigenvalue weighted by Crippen LogP contribution is 2.27. The number of fused-ring (bicyclic) bond motifs is 1. The highest BCUT2D eigenvalue weighted by molar-refractivity contribution is 5.38. The van der Waals surface area contributed by atoms with Crippen LogP contribution >= 0.6 is 0 Å². The van der Waals surface area contributed by atoms with Crippen molar-refractivity contribution in [2.45, 2.75) is 58.3 Å². The van der Waals surface area contributed by atoms with E-state index in [4.69, 9.17) is 0 Å². The summed E-state index contributed by atoms with van der Waals surface area (Å²) in [5.74, 6) is -0.853. The fourth-order valence-corrected chi connectivity index (χ4v) is 2.75. The van der Waals surface area contributed by atoms with E-state index in [0.29, 0.717) is 12.0 Å². The van der Waals surface area contributed by atoms with Crippen molar-refractivity contribution in [2.24, 2.45) is 0 Å². The fraction of sp³-hybridized carbons (Fsp3) is 0.529. The summed E-state index contributed by atoms with van der Waals surface area (Å²) >= 11 is 0. The molecule has 0 saturated heterocycles. The topological polar surface area (TPSA) is 0 Å². The molecule has 0 saturated carbocycles. The molecule has 19 heavy (non-hydrogen) atoms. The van der Waals surface area contributed by atoms with E-state index >= 15 is 0 Å². The number of benzene rings is 1. The Balaban J connectivity index is 1.88. The van der Waals surface area contributed by atoms with E-state index in [1.165, 1.54) is 43.7 Å². The lowest BCUT2D eigenvalue weighted by Crippen LogP contribution is -2.06. The molecule has 1 aromatic rings. The van der Waals surface area contributed by atoms with Gasteiger partial charge in [-0.3, -0.25) is 0 Å². The zero-order chi connectivity index (χ0) is 13.7. The highest BCUT2D eigenvalue weighted by Gasteiger charge is 2.15. The second-order valence-corrected chi connectivity index (χ2v) is 5.43. The zero-order valence-electron chi connectivity index (χ0n) is 11.6. The minimum Gasteiger partial charge on any atom is -0.207 e. The van der Waals surface area contributed by atoms with Gasteiger partial charge >= 0.3 is 0 Å². The first-order valence-electron chi connectivity index (χ1n) is 7.35. The molecule has 104 valence electrons. The summed E-state index contributed by atoms with van der Waals surface area (Å²) in [5.41, 5.74) is 2.86. The molecule has 1 aliphatic carbocycles. The molecule has 2 heteroatoms. The van der Waals surface area contributed by atoms with Crippen molar-refractivity contribution < 1.29 is 8.78 Å². The van der Waals surface area contributed by atoms with Gasteiger partial charge in [-0.2, -0.15) is 0 Å². The Bertz CT molecular complexity index is 461. The predicted molar refractivity (Wildman–Crippen MR) is 75.2 cm³/mol. The van der Waals surface area contributed by atoms with Gasteiger partial charge in [0.25, 0.3) is 0 Å². The lowest BCUT2D eigenvalue weighted by Gasteiger charge is -2.18. The molecule has 0 aromatic heterocycles. The lowest BCUT2D eigenvalue weighted by atomic mass is 9.88. The number of hydrogen-bond acceptors (Lipinski definition) is 0. The SMILES string of the molecule is CCCCCCCC1=CCc2c(F)cc(F)cc2C1. The van der Waals surface area contributed by atoms with Gasteiger partial charge < -0.3 is 0 Å². The van der Waals surface area contributed by atoms with Gasteiger partial charge in [0.2, 0.25) is 0 Å². The van der Waals surface area contributed by atoms with Crippen molar-refractivity contribution >= 4 is 0 Å². The fourth-order valence-electron chi connectivity index (χ4n) is 2.75. The Morgan fingerprint density at radius 3 is 2.63 bits per heavy atom. The summed E-state index contributed by atoms with van der Waals surface area (Å²) < 4.78 is 26.8. The van der Waals surface area contributed by atoms with Gasteiger partial charge in [-0.25, -0.2) is 8.78 Å². The maximum absolute atomic E-state index is 13.6. The summed E-state index contributed by atoms with van der Waals surface area (Å²) in [6.07, 6.45) is 10.8. The number of rotatable bonds is 6. The normalized spacial score (nSPS) is 14.2. The van der Waals surface area contributed by atoms with Crippen LogP contribution in [0.4, 0.5) is 8.78 Å². The van der Waals surface area contributed by atoms with Gasteiger partial charge in [-0.1, -0.05) is 44.3 Å². The van der Waals surface area contributed by atoms with Crippen molar-refractivity contribution in [1.82, 2.24) is 0 Å². The zero-order valence-corrected chi connectivity index (χ0v) is 11.6. The van der Waals surface area contributed by atoms with E-state index in [0.717, 1.165) is 24.5 Å². The molecule has 0 amide bonds. The number of allylic oxidation sites excluding steroid dienone is 2. The summed E-state index contributed by atoms with van der Waals surface area (Å²) in [6.45, 7) is 2.21. The molecule has 0 N–H and O–H groups in total. The van der Waals surface area contributed by atoms with Crippen molar-refractivity contribution in [3.8, 4) is 0 Å². The first-order chi connectivity index (χ1) is 9.20. The summed E-state index contributed by atoms with van der Waals surface area (Å²) in [6, 6.07) is 2.48. The van der Waals surface area contributed by atoms with Crippen molar-refractivity contribution in [3.05, 3.63) is 46.5 Å². The molecule has 1 aliphatic rings. The third-order valence-electron chi connectivity index (χ3n) is 3.87. The maximum Gasteiger partial charge on any atom is 0.129 e. The van der Waals surface area contributed by atoms with Crippen LogP contribution in [0.15, 0.2) is 23.8 Å². The Kier molecular flexibility index (Phi) is 5.12. The van der Waals surface area contributed by atoms with Gasteiger partial charge in [-0.15, -0.1) is 0 Å². The molecule has 0 radical (unpaired) electrons. The van der Waals surface area contributed by atoms with E-state index in [1.54, 1.807) is 0 Å². The second-order valence-electron chi connectivity index (χ2n) is 5.43. The number of unbranched alkanes of at least 4 members (excludes halogenated alkanes) is 4. The van der Waals surface area contributed by atoms with Gasteiger partial charge in [0.1, 0.15) is 11.6 Å². The Morgan fingerprint density at radius 1 is 1.05 bits per heavy atom. The molecule has 0 bridgehead atoms. The smallest absolute Gasteiger partial charge is 0.129 e. The maximum atomic E-state index is 13.6. The van der Waals surface area contributed by atoms with Crippen LogP contribution in [-0.2, 0) is 12.8 Å². The number of halogens is 2. The monoisotopic (exact) mass is 264 g/mol. The van der Waals surface area contributed by atoms with Crippen LogP contribution < -0.4 is 0 Å². The van der Waals surface area contributed by atoms with E-state index in [-0.39, 0.29) is 0 Å².